The fraction of sp³-hybridized carbons (Fsp3) is 0.600. The van der Waals surface area contributed by atoms with Gasteiger partial charge in [0.25, 0.3) is 0 Å². The van der Waals surface area contributed by atoms with E-state index >= 15 is 0 Å². The van der Waals surface area contributed by atoms with E-state index in [1.807, 2.05) is 7.05 Å². The van der Waals surface area contributed by atoms with Crippen molar-refractivity contribution in [1.82, 2.24) is 5.32 Å². The van der Waals surface area contributed by atoms with Crippen molar-refractivity contribution in [3.63, 3.8) is 0 Å². The van der Waals surface area contributed by atoms with Gasteiger partial charge in [0.1, 0.15) is 4.21 Å². The monoisotopic (exact) mass is 247 g/mol. The van der Waals surface area contributed by atoms with E-state index in [0.29, 0.717) is 16.7 Å². The van der Waals surface area contributed by atoms with Crippen LogP contribution in [-0.4, -0.2) is 27.3 Å². The summed E-state index contributed by atoms with van der Waals surface area (Å²) in [7, 11) is -1.14. The highest BCUT2D eigenvalue weighted by Gasteiger charge is 2.15. The summed E-state index contributed by atoms with van der Waals surface area (Å²) in [6.45, 7) is 2.05. The van der Waals surface area contributed by atoms with E-state index < -0.39 is 9.84 Å². The minimum Gasteiger partial charge on any atom is -0.317 e. The van der Waals surface area contributed by atoms with Crippen LogP contribution in [0.1, 0.15) is 19.8 Å². The Morgan fingerprint density at radius 1 is 1.53 bits per heavy atom. The van der Waals surface area contributed by atoms with E-state index in [9.17, 15) is 8.42 Å². The molecule has 1 aromatic heterocycles. The molecule has 0 aliphatic carbocycles. The predicted octanol–water partition coefficient (Wildman–Crippen LogP) is 1.91. The van der Waals surface area contributed by atoms with E-state index in [4.69, 9.17) is 0 Å². The number of hydrogen-bond acceptors (Lipinski definition) is 4. The highest BCUT2D eigenvalue weighted by molar-refractivity contribution is 7.93. The first-order valence-corrected chi connectivity index (χ1v) is 7.53. The van der Waals surface area contributed by atoms with Gasteiger partial charge in [0.2, 0.25) is 0 Å². The average molecular weight is 247 g/mol. The molecule has 1 heterocycles. The van der Waals surface area contributed by atoms with Crippen LogP contribution in [0, 0.1) is 0 Å². The minimum atomic E-state index is -3.03. The molecule has 0 saturated carbocycles. The van der Waals surface area contributed by atoms with Crippen LogP contribution >= 0.6 is 11.3 Å². The maximum absolute atomic E-state index is 11.8. The third-order valence-corrected chi connectivity index (χ3v) is 5.63. The molecule has 0 aromatic carbocycles. The lowest BCUT2D eigenvalue weighted by molar-refractivity contribution is 0.549. The number of thiophene rings is 1. The lowest BCUT2D eigenvalue weighted by atomic mass is 10.2. The number of sulfone groups is 1. The molecular formula is C10H17NO2S2. The lowest BCUT2D eigenvalue weighted by Gasteiger charge is -2.08. The van der Waals surface area contributed by atoms with E-state index in [2.05, 4.69) is 12.2 Å². The van der Waals surface area contributed by atoms with Crippen LogP contribution in [0.15, 0.2) is 21.7 Å². The molecule has 5 heteroatoms. The Morgan fingerprint density at radius 3 is 2.80 bits per heavy atom. The molecule has 1 rings (SSSR count). The van der Waals surface area contributed by atoms with Gasteiger partial charge in [-0.15, -0.1) is 11.3 Å². The number of rotatable bonds is 6. The second kappa shape index (κ2) is 5.63. The standard InChI is InChI=1S/C10H17NO2S2/c1-9(11-2)5-4-8-15(12,13)10-6-3-7-14-10/h3,6-7,9,11H,4-5,8H2,1-2H3. The zero-order valence-electron chi connectivity index (χ0n) is 9.06. The molecule has 1 N–H and O–H groups in total. The van der Waals surface area contributed by atoms with Gasteiger partial charge in [-0.3, -0.25) is 0 Å². The van der Waals surface area contributed by atoms with Gasteiger partial charge < -0.3 is 5.32 Å². The molecule has 0 amide bonds. The highest BCUT2D eigenvalue weighted by Crippen LogP contribution is 2.18. The molecule has 86 valence electrons. The Labute approximate surface area is 95.4 Å². The summed E-state index contributed by atoms with van der Waals surface area (Å²) in [5, 5.41) is 4.89. The molecule has 0 aliphatic heterocycles. The Kier molecular flexibility index (Phi) is 4.76. The molecule has 0 saturated heterocycles. The average Bonchev–Trinajstić information content (AvgIpc) is 2.70. The molecular weight excluding hydrogens is 230 g/mol. The van der Waals surface area contributed by atoms with E-state index in [1.54, 1.807) is 17.5 Å². The van der Waals surface area contributed by atoms with Crippen LogP contribution < -0.4 is 5.32 Å². The summed E-state index contributed by atoms with van der Waals surface area (Å²) in [6, 6.07) is 3.82. The van der Waals surface area contributed by atoms with Crippen LogP contribution in [0.3, 0.4) is 0 Å². The summed E-state index contributed by atoms with van der Waals surface area (Å²) in [6.07, 6.45) is 1.60. The first kappa shape index (κ1) is 12.7. The normalized spacial score (nSPS) is 14.0. The maximum Gasteiger partial charge on any atom is 0.187 e. The Bertz CT molecular complexity index is 370. The third-order valence-electron chi connectivity index (χ3n) is 2.34. The summed E-state index contributed by atoms with van der Waals surface area (Å²) in [5.41, 5.74) is 0. The van der Waals surface area contributed by atoms with E-state index in [1.165, 1.54) is 11.3 Å². The summed E-state index contributed by atoms with van der Waals surface area (Å²) in [5.74, 6) is 0.250. The molecule has 1 aromatic rings. The van der Waals surface area contributed by atoms with Gasteiger partial charge in [-0.25, -0.2) is 8.42 Å². The molecule has 0 bridgehead atoms. The van der Waals surface area contributed by atoms with Crippen molar-refractivity contribution in [2.75, 3.05) is 12.8 Å². The van der Waals surface area contributed by atoms with Gasteiger partial charge in [-0.2, -0.15) is 0 Å². The van der Waals surface area contributed by atoms with Gasteiger partial charge >= 0.3 is 0 Å². The smallest absolute Gasteiger partial charge is 0.187 e. The second-order valence-corrected chi connectivity index (χ2v) is 6.87. The highest BCUT2D eigenvalue weighted by atomic mass is 32.2. The van der Waals surface area contributed by atoms with Crippen molar-refractivity contribution in [2.45, 2.75) is 30.0 Å². The Balaban J connectivity index is 2.45. The van der Waals surface area contributed by atoms with Crippen molar-refractivity contribution in [3.8, 4) is 0 Å². The first-order valence-electron chi connectivity index (χ1n) is 5.00. The molecule has 1 unspecified atom stereocenters. The Hall–Kier alpha value is -0.390. The van der Waals surface area contributed by atoms with Gasteiger partial charge in [0.15, 0.2) is 9.84 Å². The molecule has 1 atom stereocenters. The molecule has 0 spiro atoms. The van der Waals surface area contributed by atoms with Gasteiger partial charge in [-0.1, -0.05) is 6.07 Å². The van der Waals surface area contributed by atoms with Crippen LogP contribution in [0.5, 0.6) is 0 Å². The SMILES string of the molecule is CNC(C)CCCS(=O)(=O)c1cccs1. The topological polar surface area (TPSA) is 46.2 Å². The number of nitrogens with one attached hydrogen (secondary N) is 1. The zero-order valence-corrected chi connectivity index (χ0v) is 10.7. The molecule has 0 fully saturated rings. The van der Waals surface area contributed by atoms with E-state index in [0.717, 1.165) is 6.42 Å². The molecule has 0 radical (unpaired) electrons. The van der Waals surface area contributed by atoms with Crippen molar-refractivity contribution in [1.29, 1.82) is 0 Å². The quantitative estimate of drug-likeness (QED) is 0.835. The molecule has 3 nitrogen and oxygen atoms in total. The van der Waals surface area contributed by atoms with Crippen molar-refractivity contribution in [3.05, 3.63) is 17.5 Å². The Morgan fingerprint density at radius 2 is 2.27 bits per heavy atom. The van der Waals surface area contributed by atoms with Crippen LogP contribution in [0.4, 0.5) is 0 Å². The fourth-order valence-electron chi connectivity index (χ4n) is 1.26. The number of hydrogen-bond donors (Lipinski definition) is 1. The van der Waals surface area contributed by atoms with Gasteiger partial charge in [0.05, 0.1) is 5.75 Å². The van der Waals surface area contributed by atoms with Gasteiger partial charge in [0, 0.05) is 6.04 Å². The zero-order chi connectivity index (χ0) is 11.3. The minimum absolute atomic E-state index is 0.250. The van der Waals surface area contributed by atoms with Crippen molar-refractivity contribution < 1.29 is 8.42 Å². The second-order valence-electron chi connectivity index (χ2n) is 3.58. The predicted molar refractivity (Wildman–Crippen MR) is 64.1 cm³/mol. The summed E-state index contributed by atoms with van der Waals surface area (Å²) < 4.78 is 24.0. The molecule has 0 aliphatic rings. The van der Waals surface area contributed by atoms with Gasteiger partial charge in [-0.05, 0) is 38.3 Å². The molecule has 15 heavy (non-hydrogen) atoms. The maximum atomic E-state index is 11.8. The third kappa shape index (κ3) is 3.93. The van der Waals surface area contributed by atoms with Crippen molar-refractivity contribution >= 4 is 21.2 Å². The van der Waals surface area contributed by atoms with E-state index in [-0.39, 0.29) is 5.75 Å². The summed E-state index contributed by atoms with van der Waals surface area (Å²) in [4.78, 5) is 0. The van der Waals surface area contributed by atoms with Crippen LogP contribution in [0.25, 0.3) is 0 Å². The lowest BCUT2D eigenvalue weighted by Crippen LogP contribution is -2.21. The first-order chi connectivity index (χ1) is 7.06. The van der Waals surface area contributed by atoms with Crippen LogP contribution in [-0.2, 0) is 9.84 Å². The largest absolute Gasteiger partial charge is 0.317 e. The van der Waals surface area contributed by atoms with Crippen LogP contribution in [0.2, 0.25) is 0 Å². The summed E-state index contributed by atoms with van der Waals surface area (Å²) >= 11 is 1.29. The van der Waals surface area contributed by atoms with Crippen molar-refractivity contribution in [2.24, 2.45) is 0 Å². The fourth-order valence-corrected chi connectivity index (χ4v) is 3.75.